The summed E-state index contributed by atoms with van der Waals surface area (Å²) < 4.78 is 28.3. The zero-order valence-corrected chi connectivity index (χ0v) is 18.6. The smallest absolute Gasteiger partial charge is 0.224 e. The lowest BCUT2D eigenvalue weighted by molar-refractivity contribution is 0.461. The summed E-state index contributed by atoms with van der Waals surface area (Å²) in [5, 5.41) is 4.16. The van der Waals surface area contributed by atoms with Crippen LogP contribution in [0.15, 0.2) is 78.0 Å². The van der Waals surface area contributed by atoms with E-state index in [0.29, 0.717) is 28.1 Å². The van der Waals surface area contributed by atoms with Crippen LogP contribution in [-0.2, 0) is 15.6 Å². The molecule has 1 aliphatic carbocycles. The first-order valence-corrected chi connectivity index (χ1v) is 12.7. The SMILES string of the molecule is O=S(=O)(Cc1ccccc1)c1cccc2c1ccn2-c1ccnc(NC2CCCCC2)n1. The highest BCUT2D eigenvalue weighted by Gasteiger charge is 2.20. The second-order valence-electron chi connectivity index (χ2n) is 8.34. The number of anilines is 1. The Labute approximate surface area is 188 Å². The fourth-order valence-electron chi connectivity index (χ4n) is 4.46. The van der Waals surface area contributed by atoms with Gasteiger partial charge in [0.15, 0.2) is 9.84 Å². The topological polar surface area (TPSA) is 76.9 Å². The van der Waals surface area contributed by atoms with E-state index < -0.39 is 9.84 Å². The Morgan fingerprint density at radius 1 is 0.938 bits per heavy atom. The number of sulfone groups is 1. The van der Waals surface area contributed by atoms with E-state index in [1.165, 1.54) is 19.3 Å². The molecule has 1 saturated carbocycles. The molecule has 0 radical (unpaired) electrons. The van der Waals surface area contributed by atoms with Gasteiger partial charge in [-0.05, 0) is 42.7 Å². The van der Waals surface area contributed by atoms with Gasteiger partial charge in [-0.1, -0.05) is 55.7 Å². The first kappa shape index (κ1) is 20.7. The molecule has 0 unspecified atom stereocenters. The molecule has 1 N–H and O–H groups in total. The Kier molecular flexibility index (Phi) is 5.66. The summed E-state index contributed by atoms with van der Waals surface area (Å²) in [7, 11) is -3.49. The normalized spacial score (nSPS) is 15.1. The van der Waals surface area contributed by atoms with Crippen LogP contribution in [0.25, 0.3) is 16.7 Å². The third-order valence-corrected chi connectivity index (χ3v) is 7.79. The summed E-state index contributed by atoms with van der Waals surface area (Å²) in [6.45, 7) is 0. The third kappa shape index (κ3) is 4.25. The van der Waals surface area contributed by atoms with Gasteiger partial charge < -0.3 is 9.88 Å². The van der Waals surface area contributed by atoms with Gasteiger partial charge in [-0.15, -0.1) is 0 Å². The molecule has 0 bridgehead atoms. The molecule has 2 heterocycles. The molecule has 1 fully saturated rings. The minimum absolute atomic E-state index is 0.0267. The molecule has 2 aromatic carbocycles. The lowest BCUT2D eigenvalue weighted by Gasteiger charge is -2.22. The second-order valence-corrected chi connectivity index (χ2v) is 10.3. The van der Waals surface area contributed by atoms with Crippen molar-refractivity contribution in [2.75, 3.05) is 5.32 Å². The molecule has 32 heavy (non-hydrogen) atoms. The standard InChI is InChI=1S/C25H26N4O2S/c30-32(31,18-19-8-3-1-4-9-19)23-13-7-12-22-21(23)15-17-29(22)24-14-16-26-25(28-24)27-20-10-5-2-6-11-20/h1,3-4,7-9,12-17,20H,2,5-6,10-11,18H2,(H,26,27,28). The van der Waals surface area contributed by atoms with Gasteiger partial charge in [0.05, 0.1) is 16.2 Å². The zero-order chi connectivity index (χ0) is 22.0. The number of hydrogen-bond donors (Lipinski definition) is 1. The van der Waals surface area contributed by atoms with E-state index in [2.05, 4.69) is 10.3 Å². The Morgan fingerprint density at radius 3 is 2.56 bits per heavy atom. The summed E-state index contributed by atoms with van der Waals surface area (Å²) in [5.41, 5.74) is 1.58. The maximum atomic E-state index is 13.2. The fourth-order valence-corrected chi connectivity index (χ4v) is 6.04. The minimum atomic E-state index is -3.49. The summed E-state index contributed by atoms with van der Waals surface area (Å²) in [5.74, 6) is 1.30. The molecule has 7 heteroatoms. The lowest BCUT2D eigenvalue weighted by atomic mass is 9.96. The first-order chi connectivity index (χ1) is 15.6. The minimum Gasteiger partial charge on any atom is -0.351 e. The van der Waals surface area contributed by atoms with Gasteiger partial charge in [0, 0.05) is 23.8 Å². The van der Waals surface area contributed by atoms with Gasteiger partial charge in [0.1, 0.15) is 5.82 Å². The predicted molar refractivity (Wildman–Crippen MR) is 127 cm³/mol. The number of nitrogens with zero attached hydrogens (tertiary/aromatic N) is 3. The zero-order valence-electron chi connectivity index (χ0n) is 17.8. The van der Waals surface area contributed by atoms with Gasteiger partial charge in [0.2, 0.25) is 5.95 Å². The van der Waals surface area contributed by atoms with Crippen LogP contribution in [0.2, 0.25) is 0 Å². The van der Waals surface area contributed by atoms with E-state index in [1.807, 2.05) is 59.3 Å². The highest BCUT2D eigenvalue weighted by molar-refractivity contribution is 7.90. The van der Waals surface area contributed by atoms with E-state index in [1.54, 1.807) is 18.3 Å². The molecule has 0 amide bonds. The molecule has 0 saturated heterocycles. The molecule has 2 aromatic heterocycles. The van der Waals surface area contributed by atoms with Crippen molar-refractivity contribution in [1.29, 1.82) is 0 Å². The molecule has 164 valence electrons. The molecule has 4 aromatic rings. The number of hydrogen-bond acceptors (Lipinski definition) is 5. The maximum Gasteiger partial charge on any atom is 0.224 e. The fraction of sp³-hybridized carbons (Fsp3) is 0.280. The van der Waals surface area contributed by atoms with Crippen LogP contribution in [0.5, 0.6) is 0 Å². The average Bonchev–Trinajstić information content (AvgIpc) is 3.24. The largest absolute Gasteiger partial charge is 0.351 e. The Hall–Kier alpha value is -3.19. The van der Waals surface area contributed by atoms with Gasteiger partial charge in [-0.2, -0.15) is 4.98 Å². The molecular weight excluding hydrogens is 420 g/mol. The van der Waals surface area contributed by atoms with Crippen LogP contribution in [0.4, 0.5) is 5.95 Å². The Balaban J connectivity index is 1.47. The van der Waals surface area contributed by atoms with Crippen molar-refractivity contribution in [3.05, 3.63) is 78.6 Å². The van der Waals surface area contributed by atoms with Crippen molar-refractivity contribution >= 4 is 26.7 Å². The number of rotatable bonds is 6. The van der Waals surface area contributed by atoms with Crippen LogP contribution in [0, 0.1) is 0 Å². The summed E-state index contributed by atoms with van der Waals surface area (Å²) in [4.78, 5) is 9.45. The van der Waals surface area contributed by atoms with Gasteiger partial charge >= 0.3 is 0 Å². The molecular formula is C25H26N4O2S. The lowest BCUT2D eigenvalue weighted by Crippen LogP contribution is -2.23. The monoisotopic (exact) mass is 446 g/mol. The molecule has 0 aliphatic heterocycles. The highest BCUT2D eigenvalue weighted by atomic mass is 32.2. The molecule has 0 atom stereocenters. The van der Waals surface area contributed by atoms with Crippen molar-refractivity contribution in [3.8, 4) is 5.82 Å². The van der Waals surface area contributed by atoms with Crippen LogP contribution in [0.3, 0.4) is 0 Å². The number of benzene rings is 2. The van der Waals surface area contributed by atoms with Crippen molar-refractivity contribution in [3.63, 3.8) is 0 Å². The molecule has 6 nitrogen and oxygen atoms in total. The van der Waals surface area contributed by atoms with Crippen LogP contribution in [-0.4, -0.2) is 29.0 Å². The summed E-state index contributed by atoms with van der Waals surface area (Å²) >= 11 is 0. The number of nitrogens with one attached hydrogen (secondary N) is 1. The Bertz CT molecular complexity index is 1330. The summed E-state index contributed by atoms with van der Waals surface area (Å²) in [6.07, 6.45) is 9.67. The predicted octanol–water partition coefficient (Wildman–Crippen LogP) is 5.14. The quantitative estimate of drug-likeness (QED) is 0.444. The Morgan fingerprint density at radius 2 is 1.75 bits per heavy atom. The van der Waals surface area contributed by atoms with Crippen molar-refractivity contribution < 1.29 is 8.42 Å². The van der Waals surface area contributed by atoms with Crippen LogP contribution >= 0.6 is 0 Å². The second kappa shape index (κ2) is 8.74. The van der Waals surface area contributed by atoms with E-state index >= 15 is 0 Å². The third-order valence-electron chi connectivity index (χ3n) is 6.05. The van der Waals surface area contributed by atoms with Gasteiger partial charge in [0.25, 0.3) is 0 Å². The first-order valence-electron chi connectivity index (χ1n) is 11.1. The van der Waals surface area contributed by atoms with Crippen LogP contribution < -0.4 is 5.32 Å². The number of fused-ring (bicyclic) bond motifs is 1. The van der Waals surface area contributed by atoms with E-state index in [-0.39, 0.29) is 5.75 Å². The molecule has 5 rings (SSSR count). The van der Waals surface area contributed by atoms with Gasteiger partial charge in [-0.3, -0.25) is 0 Å². The molecule has 0 spiro atoms. The van der Waals surface area contributed by atoms with E-state index in [4.69, 9.17) is 4.98 Å². The maximum absolute atomic E-state index is 13.2. The van der Waals surface area contributed by atoms with Crippen LogP contribution in [0.1, 0.15) is 37.7 Å². The van der Waals surface area contributed by atoms with E-state index in [9.17, 15) is 8.42 Å². The van der Waals surface area contributed by atoms with Gasteiger partial charge in [-0.25, -0.2) is 13.4 Å². The van der Waals surface area contributed by atoms with Crippen molar-refractivity contribution in [1.82, 2.24) is 14.5 Å². The van der Waals surface area contributed by atoms with Crippen molar-refractivity contribution in [2.24, 2.45) is 0 Å². The van der Waals surface area contributed by atoms with E-state index in [0.717, 1.165) is 23.9 Å². The molecule has 1 aliphatic rings. The summed E-state index contributed by atoms with van der Waals surface area (Å²) in [6, 6.07) is 18.8. The average molecular weight is 447 g/mol. The van der Waals surface area contributed by atoms with Crippen molar-refractivity contribution in [2.45, 2.75) is 48.8 Å². The highest BCUT2D eigenvalue weighted by Crippen LogP contribution is 2.29. The number of aromatic nitrogens is 3.